The van der Waals surface area contributed by atoms with Crippen LogP contribution < -0.4 is 5.73 Å². The first kappa shape index (κ1) is 11.4. The Hall–Kier alpha value is -1.13. The number of anilines is 1. The lowest BCUT2D eigenvalue weighted by Crippen LogP contribution is -2.37. The Morgan fingerprint density at radius 1 is 1.31 bits per heavy atom. The molecule has 0 atom stereocenters. The molecular formula is C12H17FN2O. The van der Waals surface area contributed by atoms with E-state index in [0.29, 0.717) is 5.69 Å². The van der Waals surface area contributed by atoms with Gasteiger partial charge in [0.05, 0.1) is 13.2 Å². The van der Waals surface area contributed by atoms with Crippen molar-refractivity contribution < 1.29 is 9.13 Å². The van der Waals surface area contributed by atoms with Crippen molar-refractivity contribution >= 4 is 5.69 Å². The highest BCUT2D eigenvalue weighted by Crippen LogP contribution is 2.14. The maximum Gasteiger partial charge on any atom is 0.123 e. The van der Waals surface area contributed by atoms with Gasteiger partial charge in [-0.3, -0.25) is 4.90 Å². The summed E-state index contributed by atoms with van der Waals surface area (Å²) in [7, 11) is 0. The van der Waals surface area contributed by atoms with Gasteiger partial charge in [0.1, 0.15) is 5.82 Å². The number of nitrogens with zero attached hydrogens (tertiary/aromatic N) is 1. The fourth-order valence-electron chi connectivity index (χ4n) is 1.89. The van der Waals surface area contributed by atoms with Gasteiger partial charge in [0.15, 0.2) is 0 Å². The van der Waals surface area contributed by atoms with E-state index < -0.39 is 0 Å². The molecule has 0 unspecified atom stereocenters. The number of benzene rings is 1. The molecule has 1 aliphatic heterocycles. The van der Waals surface area contributed by atoms with E-state index in [-0.39, 0.29) is 5.82 Å². The van der Waals surface area contributed by atoms with E-state index in [1.807, 2.05) is 0 Å². The average Bonchev–Trinajstić information content (AvgIpc) is 2.32. The third kappa shape index (κ3) is 2.93. The van der Waals surface area contributed by atoms with Crippen molar-refractivity contribution in [2.45, 2.75) is 6.42 Å². The van der Waals surface area contributed by atoms with Crippen molar-refractivity contribution in [1.29, 1.82) is 0 Å². The summed E-state index contributed by atoms with van der Waals surface area (Å²) < 4.78 is 18.3. The molecule has 0 saturated carbocycles. The highest BCUT2D eigenvalue weighted by Gasteiger charge is 2.10. The van der Waals surface area contributed by atoms with E-state index >= 15 is 0 Å². The number of rotatable bonds is 3. The zero-order valence-electron chi connectivity index (χ0n) is 9.29. The van der Waals surface area contributed by atoms with Crippen molar-refractivity contribution in [3.8, 4) is 0 Å². The summed E-state index contributed by atoms with van der Waals surface area (Å²) in [6, 6.07) is 4.55. The minimum Gasteiger partial charge on any atom is -0.399 e. The topological polar surface area (TPSA) is 38.5 Å². The lowest BCUT2D eigenvalue weighted by Gasteiger charge is -2.26. The summed E-state index contributed by atoms with van der Waals surface area (Å²) >= 11 is 0. The van der Waals surface area contributed by atoms with Crippen molar-refractivity contribution in [2.75, 3.05) is 38.6 Å². The monoisotopic (exact) mass is 224 g/mol. The Bertz CT molecular complexity index is 351. The summed E-state index contributed by atoms with van der Waals surface area (Å²) in [5, 5.41) is 0. The summed E-state index contributed by atoms with van der Waals surface area (Å²) in [5.41, 5.74) is 7.37. The van der Waals surface area contributed by atoms with Gasteiger partial charge in [0.25, 0.3) is 0 Å². The van der Waals surface area contributed by atoms with Gasteiger partial charge in [-0.2, -0.15) is 0 Å². The van der Waals surface area contributed by atoms with Gasteiger partial charge in [-0.15, -0.1) is 0 Å². The van der Waals surface area contributed by atoms with Crippen LogP contribution in [-0.4, -0.2) is 37.7 Å². The van der Waals surface area contributed by atoms with Crippen LogP contribution in [0, 0.1) is 5.82 Å². The van der Waals surface area contributed by atoms with E-state index in [1.165, 1.54) is 12.1 Å². The van der Waals surface area contributed by atoms with E-state index in [1.54, 1.807) is 6.07 Å². The number of ether oxygens (including phenoxy) is 1. The highest BCUT2D eigenvalue weighted by atomic mass is 19.1. The molecule has 1 aliphatic rings. The highest BCUT2D eigenvalue weighted by molar-refractivity contribution is 5.46. The smallest absolute Gasteiger partial charge is 0.123 e. The lowest BCUT2D eigenvalue weighted by atomic mass is 10.1. The van der Waals surface area contributed by atoms with Crippen LogP contribution in [0.3, 0.4) is 0 Å². The minimum absolute atomic E-state index is 0.217. The molecule has 2 N–H and O–H groups in total. The predicted molar refractivity (Wildman–Crippen MR) is 61.8 cm³/mol. The van der Waals surface area contributed by atoms with E-state index in [4.69, 9.17) is 10.5 Å². The quantitative estimate of drug-likeness (QED) is 0.786. The summed E-state index contributed by atoms with van der Waals surface area (Å²) in [6.45, 7) is 4.40. The largest absolute Gasteiger partial charge is 0.399 e. The second-order valence-electron chi connectivity index (χ2n) is 4.05. The average molecular weight is 224 g/mol. The SMILES string of the molecule is Nc1ccc(F)cc1CCN1CCOCC1. The molecule has 1 fully saturated rings. The van der Waals surface area contributed by atoms with Crippen LogP contribution in [0.15, 0.2) is 18.2 Å². The molecule has 1 heterocycles. The summed E-state index contributed by atoms with van der Waals surface area (Å²) in [4.78, 5) is 2.31. The van der Waals surface area contributed by atoms with Gasteiger partial charge in [0.2, 0.25) is 0 Å². The van der Waals surface area contributed by atoms with Crippen LogP contribution in [-0.2, 0) is 11.2 Å². The van der Waals surface area contributed by atoms with Crippen molar-refractivity contribution in [1.82, 2.24) is 4.90 Å². The molecule has 2 rings (SSSR count). The summed E-state index contributed by atoms with van der Waals surface area (Å²) in [5.74, 6) is -0.217. The van der Waals surface area contributed by atoms with Crippen LogP contribution in [0.1, 0.15) is 5.56 Å². The normalized spacial score (nSPS) is 17.6. The van der Waals surface area contributed by atoms with Crippen LogP contribution in [0.5, 0.6) is 0 Å². The zero-order valence-corrected chi connectivity index (χ0v) is 9.29. The molecule has 0 aliphatic carbocycles. The number of hydrogen-bond donors (Lipinski definition) is 1. The van der Waals surface area contributed by atoms with E-state index in [9.17, 15) is 4.39 Å². The van der Waals surface area contributed by atoms with Crippen molar-refractivity contribution in [2.24, 2.45) is 0 Å². The third-order valence-corrected chi connectivity index (χ3v) is 2.91. The van der Waals surface area contributed by atoms with Crippen LogP contribution in [0.2, 0.25) is 0 Å². The molecule has 0 aromatic heterocycles. The minimum atomic E-state index is -0.217. The molecule has 3 nitrogen and oxygen atoms in total. The molecule has 1 aromatic rings. The Morgan fingerprint density at radius 3 is 2.81 bits per heavy atom. The van der Waals surface area contributed by atoms with Gasteiger partial charge in [0, 0.05) is 25.3 Å². The van der Waals surface area contributed by atoms with Gasteiger partial charge in [-0.25, -0.2) is 4.39 Å². The second-order valence-corrected chi connectivity index (χ2v) is 4.05. The standard InChI is InChI=1S/C12H17FN2O/c13-11-1-2-12(14)10(9-11)3-4-15-5-7-16-8-6-15/h1-2,9H,3-8,14H2. The fourth-order valence-corrected chi connectivity index (χ4v) is 1.89. The Morgan fingerprint density at radius 2 is 2.06 bits per heavy atom. The molecule has 1 saturated heterocycles. The lowest BCUT2D eigenvalue weighted by molar-refractivity contribution is 0.0384. The molecule has 16 heavy (non-hydrogen) atoms. The number of morpholine rings is 1. The molecule has 4 heteroatoms. The molecule has 1 aromatic carbocycles. The van der Waals surface area contributed by atoms with E-state index in [2.05, 4.69) is 4.90 Å². The Labute approximate surface area is 95.0 Å². The van der Waals surface area contributed by atoms with Gasteiger partial charge in [-0.05, 0) is 30.2 Å². The Balaban J connectivity index is 1.90. The van der Waals surface area contributed by atoms with Gasteiger partial charge >= 0.3 is 0 Å². The van der Waals surface area contributed by atoms with Crippen molar-refractivity contribution in [3.05, 3.63) is 29.6 Å². The maximum atomic E-state index is 13.0. The number of nitrogens with two attached hydrogens (primary N) is 1. The molecule has 0 bridgehead atoms. The first-order valence-corrected chi connectivity index (χ1v) is 5.60. The van der Waals surface area contributed by atoms with Crippen molar-refractivity contribution in [3.63, 3.8) is 0 Å². The predicted octanol–water partition coefficient (Wildman–Crippen LogP) is 1.28. The second kappa shape index (κ2) is 5.27. The number of halogens is 1. The van der Waals surface area contributed by atoms with Gasteiger partial charge in [-0.1, -0.05) is 0 Å². The fraction of sp³-hybridized carbons (Fsp3) is 0.500. The molecule has 0 amide bonds. The number of nitrogen functional groups attached to an aromatic ring is 1. The molecular weight excluding hydrogens is 207 g/mol. The molecule has 88 valence electrons. The summed E-state index contributed by atoms with van der Waals surface area (Å²) in [6.07, 6.45) is 0.795. The first-order valence-electron chi connectivity index (χ1n) is 5.60. The van der Waals surface area contributed by atoms with Crippen LogP contribution >= 0.6 is 0 Å². The van der Waals surface area contributed by atoms with E-state index in [0.717, 1.165) is 44.8 Å². The first-order chi connectivity index (χ1) is 7.75. The molecule has 0 spiro atoms. The van der Waals surface area contributed by atoms with Crippen LogP contribution in [0.25, 0.3) is 0 Å². The third-order valence-electron chi connectivity index (χ3n) is 2.91. The molecule has 0 radical (unpaired) electrons. The van der Waals surface area contributed by atoms with Gasteiger partial charge < -0.3 is 10.5 Å². The number of hydrogen-bond acceptors (Lipinski definition) is 3. The zero-order chi connectivity index (χ0) is 11.4. The van der Waals surface area contributed by atoms with Crippen LogP contribution in [0.4, 0.5) is 10.1 Å². The maximum absolute atomic E-state index is 13.0. The Kier molecular flexibility index (Phi) is 3.74.